The first kappa shape index (κ1) is 22.2. The smallest absolute Gasteiger partial charge is 0.255 e. The Morgan fingerprint density at radius 1 is 1.00 bits per heavy atom. The van der Waals surface area contributed by atoms with Gasteiger partial charge in [-0.2, -0.15) is 9.40 Å². The predicted molar refractivity (Wildman–Crippen MR) is 124 cm³/mol. The summed E-state index contributed by atoms with van der Waals surface area (Å²) in [6, 6.07) is 14.9. The van der Waals surface area contributed by atoms with Crippen LogP contribution in [0.1, 0.15) is 45.7 Å². The number of nitrogens with zero attached hydrogens (tertiary/aromatic N) is 3. The molecule has 3 aromatic rings. The molecule has 8 heteroatoms. The van der Waals surface area contributed by atoms with Crippen LogP contribution in [0.3, 0.4) is 0 Å². The zero-order valence-electron chi connectivity index (χ0n) is 18.6. The van der Waals surface area contributed by atoms with Crippen LogP contribution in [0.15, 0.2) is 53.4 Å². The first-order valence-electron chi connectivity index (χ1n) is 10.8. The summed E-state index contributed by atoms with van der Waals surface area (Å²) < 4.78 is 29.4. The minimum absolute atomic E-state index is 0.170. The number of nitrogens with one attached hydrogen (secondary N) is 1. The maximum Gasteiger partial charge on any atom is 0.255 e. The second kappa shape index (κ2) is 8.88. The molecule has 1 aromatic heterocycles. The van der Waals surface area contributed by atoms with E-state index in [1.165, 1.54) is 0 Å². The topological polar surface area (TPSA) is 84.3 Å². The molecular formula is C24H28N4O3S. The van der Waals surface area contributed by atoms with Gasteiger partial charge < -0.3 is 5.32 Å². The largest absolute Gasteiger partial charge is 0.322 e. The van der Waals surface area contributed by atoms with Gasteiger partial charge in [0.05, 0.1) is 17.9 Å². The van der Waals surface area contributed by atoms with E-state index in [1.54, 1.807) is 35.0 Å². The van der Waals surface area contributed by atoms with Crippen molar-refractivity contribution < 1.29 is 13.2 Å². The summed E-state index contributed by atoms with van der Waals surface area (Å²) in [5.41, 5.74) is 4.44. The molecule has 0 bridgehead atoms. The van der Waals surface area contributed by atoms with Crippen LogP contribution < -0.4 is 5.32 Å². The third-order valence-corrected chi connectivity index (χ3v) is 8.07. The number of aryl methyl sites for hydroxylation is 2. The second-order valence-corrected chi connectivity index (χ2v) is 10.1. The van der Waals surface area contributed by atoms with Crippen LogP contribution in [-0.2, 0) is 16.6 Å². The molecule has 4 rings (SSSR count). The second-order valence-electron chi connectivity index (χ2n) is 8.23. The zero-order valence-corrected chi connectivity index (χ0v) is 19.4. The molecule has 32 heavy (non-hydrogen) atoms. The van der Waals surface area contributed by atoms with E-state index < -0.39 is 10.0 Å². The normalized spacial score (nSPS) is 14.6. The molecule has 1 aliphatic heterocycles. The summed E-state index contributed by atoms with van der Waals surface area (Å²) in [4.78, 5) is 12.9. The monoisotopic (exact) mass is 452 g/mol. The van der Waals surface area contributed by atoms with Crippen molar-refractivity contribution >= 4 is 21.6 Å². The Labute approximate surface area is 189 Å². The van der Waals surface area contributed by atoms with Crippen molar-refractivity contribution in [1.29, 1.82) is 0 Å². The van der Waals surface area contributed by atoms with E-state index in [4.69, 9.17) is 0 Å². The van der Waals surface area contributed by atoms with Gasteiger partial charge in [0.25, 0.3) is 5.91 Å². The lowest BCUT2D eigenvalue weighted by molar-refractivity contribution is 0.102. The molecule has 1 N–H and O–H groups in total. The Bertz CT molecular complexity index is 1240. The first-order valence-corrected chi connectivity index (χ1v) is 12.2. The van der Waals surface area contributed by atoms with Gasteiger partial charge in [0.2, 0.25) is 10.0 Å². The van der Waals surface area contributed by atoms with Crippen LogP contribution in [0.5, 0.6) is 0 Å². The predicted octanol–water partition coefficient (Wildman–Crippen LogP) is 3.89. The average molecular weight is 453 g/mol. The quantitative estimate of drug-likeness (QED) is 0.615. The maximum atomic E-state index is 13.1. The van der Waals surface area contributed by atoms with Gasteiger partial charge in [-0.05, 0) is 62.9 Å². The van der Waals surface area contributed by atoms with Crippen molar-refractivity contribution in [3.63, 3.8) is 0 Å². The Hall–Kier alpha value is -2.97. The summed E-state index contributed by atoms with van der Waals surface area (Å²) in [5.74, 6) is -0.170. The number of hydrogen-bond donors (Lipinski definition) is 1. The van der Waals surface area contributed by atoms with E-state index in [1.807, 2.05) is 43.3 Å². The SMILES string of the molecule is Cc1ccccc1NC(=O)c1ccc(Cn2nc(C)c(S(=O)(=O)N3CCCC3)c2C)cc1. The van der Waals surface area contributed by atoms with Crippen molar-refractivity contribution in [2.75, 3.05) is 18.4 Å². The van der Waals surface area contributed by atoms with E-state index in [0.29, 0.717) is 41.5 Å². The molecule has 0 aliphatic carbocycles. The molecular weight excluding hydrogens is 424 g/mol. The number of amides is 1. The highest BCUT2D eigenvalue weighted by Crippen LogP contribution is 2.27. The van der Waals surface area contributed by atoms with Crippen molar-refractivity contribution in [1.82, 2.24) is 14.1 Å². The first-order chi connectivity index (χ1) is 15.3. The number of para-hydroxylation sites is 1. The van der Waals surface area contributed by atoms with Crippen molar-refractivity contribution in [2.24, 2.45) is 0 Å². The summed E-state index contributed by atoms with van der Waals surface area (Å²) in [6.07, 6.45) is 1.80. The van der Waals surface area contributed by atoms with Crippen LogP contribution >= 0.6 is 0 Å². The highest BCUT2D eigenvalue weighted by atomic mass is 32.2. The lowest BCUT2D eigenvalue weighted by Gasteiger charge is -2.15. The molecule has 2 aromatic carbocycles. The van der Waals surface area contributed by atoms with Gasteiger partial charge in [0.15, 0.2) is 0 Å². The fourth-order valence-electron chi connectivity index (χ4n) is 4.11. The number of carbonyl (C=O) groups excluding carboxylic acids is 1. The van der Waals surface area contributed by atoms with Crippen molar-refractivity contribution in [2.45, 2.75) is 45.1 Å². The molecule has 0 radical (unpaired) electrons. The number of carbonyl (C=O) groups is 1. The number of sulfonamides is 1. The standard InChI is InChI=1S/C24H28N4O3S/c1-17-8-4-5-9-22(17)25-24(29)21-12-10-20(11-13-21)16-28-19(3)23(18(2)26-28)32(30,31)27-14-6-7-15-27/h4-5,8-13H,6-7,14-16H2,1-3H3,(H,25,29). The molecule has 1 aliphatic rings. The minimum Gasteiger partial charge on any atom is -0.322 e. The van der Waals surface area contributed by atoms with E-state index in [2.05, 4.69) is 10.4 Å². The number of rotatable bonds is 6. The van der Waals surface area contributed by atoms with E-state index in [0.717, 1.165) is 29.7 Å². The number of aromatic nitrogens is 2. The van der Waals surface area contributed by atoms with E-state index in [9.17, 15) is 13.2 Å². The summed E-state index contributed by atoms with van der Waals surface area (Å²) in [7, 11) is -3.53. The molecule has 1 fully saturated rings. The molecule has 2 heterocycles. The highest BCUT2D eigenvalue weighted by molar-refractivity contribution is 7.89. The van der Waals surface area contributed by atoms with Crippen LogP contribution in [0.25, 0.3) is 0 Å². The molecule has 7 nitrogen and oxygen atoms in total. The lowest BCUT2D eigenvalue weighted by atomic mass is 10.1. The van der Waals surface area contributed by atoms with E-state index >= 15 is 0 Å². The Balaban J connectivity index is 1.50. The van der Waals surface area contributed by atoms with Gasteiger partial charge in [0.1, 0.15) is 4.90 Å². The Morgan fingerprint density at radius 2 is 1.66 bits per heavy atom. The van der Waals surface area contributed by atoms with Gasteiger partial charge >= 0.3 is 0 Å². The maximum absolute atomic E-state index is 13.1. The summed E-state index contributed by atoms with van der Waals surface area (Å²) in [6.45, 7) is 7.06. The number of benzene rings is 2. The number of anilines is 1. The van der Waals surface area contributed by atoms with Gasteiger partial charge in [0, 0.05) is 24.3 Å². The van der Waals surface area contributed by atoms with Crippen LogP contribution in [0.2, 0.25) is 0 Å². The summed E-state index contributed by atoms with van der Waals surface area (Å²) in [5, 5.41) is 7.43. The highest BCUT2D eigenvalue weighted by Gasteiger charge is 2.32. The minimum atomic E-state index is -3.53. The fourth-order valence-corrected chi connectivity index (χ4v) is 6.00. The molecule has 1 saturated heterocycles. The summed E-state index contributed by atoms with van der Waals surface area (Å²) >= 11 is 0. The van der Waals surface area contributed by atoms with Crippen LogP contribution in [0.4, 0.5) is 5.69 Å². The molecule has 0 unspecified atom stereocenters. The zero-order chi connectivity index (χ0) is 22.9. The Morgan fingerprint density at radius 3 is 2.31 bits per heavy atom. The van der Waals surface area contributed by atoms with Gasteiger partial charge in [-0.25, -0.2) is 8.42 Å². The molecule has 1 amide bonds. The third-order valence-electron chi connectivity index (χ3n) is 5.92. The van der Waals surface area contributed by atoms with Crippen LogP contribution in [0, 0.1) is 20.8 Å². The van der Waals surface area contributed by atoms with E-state index in [-0.39, 0.29) is 5.91 Å². The van der Waals surface area contributed by atoms with Crippen LogP contribution in [-0.4, -0.2) is 41.5 Å². The molecule has 0 atom stereocenters. The van der Waals surface area contributed by atoms with Gasteiger partial charge in [-0.1, -0.05) is 30.3 Å². The van der Waals surface area contributed by atoms with Gasteiger partial charge in [-0.3, -0.25) is 9.48 Å². The van der Waals surface area contributed by atoms with Gasteiger partial charge in [-0.15, -0.1) is 0 Å². The van der Waals surface area contributed by atoms with Crippen molar-refractivity contribution in [3.8, 4) is 0 Å². The molecule has 0 saturated carbocycles. The molecule has 0 spiro atoms. The fraction of sp³-hybridized carbons (Fsp3) is 0.333. The number of hydrogen-bond acceptors (Lipinski definition) is 4. The van der Waals surface area contributed by atoms with Crippen molar-refractivity contribution in [3.05, 3.63) is 76.6 Å². The molecule has 168 valence electrons. The lowest BCUT2D eigenvalue weighted by Crippen LogP contribution is -2.28. The third kappa shape index (κ3) is 4.33. The average Bonchev–Trinajstić information content (AvgIpc) is 3.39. The Kier molecular flexibility index (Phi) is 6.17.